The highest BCUT2D eigenvalue weighted by Gasteiger charge is 2.24. The van der Waals surface area contributed by atoms with Crippen LogP contribution in [0.25, 0.3) is 0 Å². The Morgan fingerprint density at radius 1 is 0.444 bits per heavy atom. The SMILES string of the molecule is CC/C=C\C/C=C\C/C=C\C/C=C\C/C=C\C/C=C\C/C=C\C/C=C\C/C=C\C/C=C\C/C=C\CCCCCCCCCC(=O)NC(COP(=O)([O-])OCC[N+](C)(C)C)C(O)CCCCCCCCCCCCCCCCCCCC. The van der Waals surface area contributed by atoms with Crippen molar-refractivity contribution in [3.05, 3.63) is 134 Å². The molecule has 0 rings (SSSR count). The Morgan fingerprint density at radius 2 is 0.753 bits per heavy atom. The lowest BCUT2D eigenvalue weighted by molar-refractivity contribution is -0.870. The van der Waals surface area contributed by atoms with Gasteiger partial charge in [0, 0.05) is 6.42 Å². The molecule has 0 spiro atoms. The number of hydrogen-bond donors (Lipinski definition) is 2. The first-order valence-corrected chi connectivity index (χ1v) is 34.5. The summed E-state index contributed by atoms with van der Waals surface area (Å²) in [4.78, 5) is 25.6. The number of amides is 1. The fraction of sp³-hybridized carbons (Fsp3) is 0.681. The highest BCUT2D eigenvalue weighted by Crippen LogP contribution is 2.38. The van der Waals surface area contributed by atoms with Crippen molar-refractivity contribution in [1.29, 1.82) is 0 Å². The Labute approximate surface area is 500 Å². The molecule has 0 aromatic rings. The predicted molar refractivity (Wildman–Crippen MR) is 352 cm³/mol. The maximum Gasteiger partial charge on any atom is 0.268 e. The number of carbonyl (C=O) groups is 1. The van der Waals surface area contributed by atoms with Gasteiger partial charge in [-0.15, -0.1) is 0 Å². The molecular weight excluding hydrogens is 1020 g/mol. The predicted octanol–water partition coefficient (Wildman–Crippen LogP) is 20.4. The topological polar surface area (TPSA) is 108 Å². The number of aliphatic hydroxyl groups excluding tert-OH is 1. The van der Waals surface area contributed by atoms with Crippen LogP contribution in [0.4, 0.5) is 0 Å². The zero-order valence-corrected chi connectivity index (χ0v) is 53.8. The molecule has 0 radical (unpaired) electrons. The summed E-state index contributed by atoms with van der Waals surface area (Å²) < 4.78 is 23.5. The van der Waals surface area contributed by atoms with Crippen LogP contribution in [0.1, 0.15) is 264 Å². The zero-order valence-electron chi connectivity index (χ0n) is 52.9. The Bertz CT molecular complexity index is 1780. The first kappa shape index (κ1) is 77.6. The molecule has 0 bridgehead atoms. The second kappa shape index (κ2) is 61.2. The third kappa shape index (κ3) is 64.1. The molecule has 0 aromatic heterocycles. The van der Waals surface area contributed by atoms with E-state index in [2.05, 4.69) is 153 Å². The summed E-state index contributed by atoms with van der Waals surface area (Å²) in [5.41, 5.74) is 0. The number of nitrogens with one attached hydrogen (secondary N) is 1. The highest BCUT2D eigenvalue weighted by molar-refractivity contribution is 7.45. The number of quaternary nitrogens is 1. The van der Waals surface area contributed by atoms with E-state index in [1.54, 1.807) is 0 Å². The molecular formula is C72H125N2O6P. The molecule has 3 unspecified atom stereocenters. The number of hydrogen-bond acceptors (Lipinski definition) is 6. The quantitative estimate of drug-likeness (QED) is 0.0272. The molecule has 1 amide bonds. The van der Waals surface area contributed by atoms with E-state index in [9.17, 15) is 19.4 Å². The van der Waals surface area contributed by atoms with Crippen molar-refractivity contribution in [1.82, 2.24) is 5.32 Å². The summed E-state index contributed by atoms with van der Waals surface area (Å²) >= 11 is 0. The van der Waals surface area contributed by atoms with Gasteiger partial charge in [0.25, 0.3) is 7.82 Å². The van der Waals surface area contributed by atoms with Crippen LogP contribution in [0, 0.1) is 0 Å². The third-order valence-corrected chi connectivity index (χ3v) is 15.1. The molecule has 9 heteroatoms. The number of phosphoric acid groups is 1. The first-order chi connectivity index (χ1) is 39.5. The van der Waals surface area contributed by atoms with Crippen LogP contribution in [-0.2, 0) is 18.4 Å². The number of rotatable bonds is 59. The average molecular weight is 1150 g/mol. The maximum absolute atomic E-state index is 13.0. The van der Waals surface area contributed by atoms with E-state index in [1.807, 2.05) is 21.1 Å². The average Bonchev–Trinajstić information content (AvgIpc) is 3.43. The van der Waals surface area contributed by atoms with Crippen molar-refractivity contribution in [3.63, 3.8) is 0 Å². The number of nitrogens with zero attached hydrogens (tertiary/aromatic N) is 1. The van der Waals surface area contributed by atoms with Crippen LogP contribution in [0.5, 0.6) is 0 Å². The minimum atomic E-state index is -4.59. The minimum absolute atomic E-state index is 0.00393. The van der Waals surface area contributed by atoms with Gasteiger partial charge >= 0.3 is 0 Å². The van der Waals surface area contributed by atoms with Gasteiger partial charge in [-0.2, -0.15) is 0 Å². The van der Waals surface area contributed by atoms with Gasteiger partial charge in [0.2, 0.25) is 5.91 Å². The van der Waals surface area contributed by atoms with Crippen LogP contribution in [0.15, 0.2) is 134 Å². The van der Waals surface area contributed by atoms with Gasteiger partial charge in [0.15, 0.2) is 0 Å². The fourth-order valence-corrected chi connectivity index (χ4v) is 9.77. The highest BCUT2D eigenvalue weighted by atomic mass is 31.2. The van der Waals surface area contributed by atoms with E-state index in [4.69, 9.17) is 9.05 Å². The van der Waals surface area contributed by atoms with Crippen LogP contribution in [0.2, 0.25) is 0 Å². The third-order valence-electron chi connectivity index (χ3n) is 14.2. The lowest BCUT2D eigenvalue weighted by Crippen LogP contribution is -2.46. The number of phosphoric ester groups is 1. The van der Waals surface area contributed by atoms with E-state index in [-0.39, 0.29) is 19.1 Å². The van der Waals surface area contributed by atoms with Crippen molar-refractivity contribution in [3.8, 4) is 0 Å². The summed E-state index contributed by atoms with van der Waals surface area (Å²) in [5, 5.41) is 14.0. The monoisotopic (exact) mass is 1140 g/mol. The molecule has 464 valence electrons. The van der Waals surface area contributed by atoms with Crippen LogP contribution in [0.3, 0.4) is 0 Å². The summed E-state index contributed by atoms with van der Waals surface area (Å²) in [6.45, 7) is 4.60. The zero-order chi connectivity index (χ0) is 59.1. The normalized spacial score (nSPS) is 14.6. The van der Waals surface area contributed by atoms with Crippen molar-refractivity contribution in [2.24, 2.45) is 0 Å². The van der Waals surface area contributed by atoms with Crippen molar-refractivity contribution in [2.45, 2.75) is 276 Å². The Hall–Kier alpha value is -3.36. The van der Waals surface area contributed by atoms with Gasteiger partial charge in [-0.25, -0.2) is 0 Å². The van der Waals surface area contributed by atoms with E-state index in [0.29, 0.717) is 23.9 Å². The molecule has 8 nitrogen and oxygen atoms in total. The number of carbonyl (C=O) groups excluding carboxylic acids is 1. The summed E-state index contributed by atoms with van der Waals surface area (Å²) in [5.74, 6) is -0.179. The lowest BCUT2D eigenvalue weighted by Gasteiger charge is -2.30. The number of likely N-dealkylation sites (N-methyl/N-ethyl adjacent to an activating group) is 1. The number of allylic oxidation sites excluding steroid dienone is 22. The van der Waals surface area contributed by atoms with Crippen molar-refractivity contribution < 1.29 is 32.9 Å². The van der Waals surface area contributed by atoms with Gasteiger partial charge in [0.05, 0.1) is 39.9 Å². The lowest BCUT2D eigenvalue weighted by atomic mass is 10.0. The molecule has 0 aliphatic rings. The molecule has 0 saturated carbocycles. The Morgan fingerprint density at radius 3 is 1.10 bits per heavy atom. The standard InChI is InChI=1S/C72H125N2O6P/c1-6-8-10-12-14-16-18-20-22-24-26-27-28-29-30-31-32-33-34-35-36-37-38-39-40-41-42-43-44-45-46-47-48-50-52-54-56-58-60-62-64-66-72(76)73-70(69-80-81(77,78)79-68-67-74(3,4)5)71(75)65-63-61-59-57-55-53-51-49-25-23-21-19-17-15-13-11-9-7-2/h8,10,14,16,20,22,26-27,29-30,32-33,35-36,38-39,41-42,44-45,47-48,70-71,75H,6-7,9,11-13,15,17-19,21,23-25,28,31,34,37,40,43,46,49-69H2,1-5H3,(H-,73,76,77,78)/b10-8-,16-14-,22-20-,27-26-,30-29-,33-32-,36-35-,39-38-,42-41-,45-44-,48-47-. The van der Waals surface area contributed by atoms with Crippen molar-refractivity contribution >= 4 is 13.7 Å². The molecule has 0 aliphatic carbocycles. The van der Waals surface area contributed by atoms with Gasteiger partial charge < -0.3 is 28.8 Å². The largest absolute Gasteiger partial charge is 0.756 e. The Kier molecular flexibility index (Phi) is 58.7. The van der Waals surface area contributed by atoms with Gasteiger partial charge in [-0.3, -0.25) is 9.36 Å². The molecule has 0 heterocycles. The fourth-order valence-electron chi connectivity index (χ4n) is 9.05. The van der Waals surface area contributed by atoms with E-state index in [1.165, 1.54) is 116 Å². The van der Waals surface area contributed by atoms with Crippen molar-refractivity contribution in [2.75, 3.05) is 40.9 Å². The van der Waals surface area contributed by atoms with E-state index < -0.39 is 20.0 Å². The second-order valence-corrected chi connectivity index (χ2v) is 24.5. The molecule has 81 heavy (non-hydrogen) atoms. The summed E-state index contributed by atoms with van der Waals surface area (Å²) in [6.07, 6.45) is 92.2. The molecule has 0 aliphatic heterocycles. The number of unbranched alkanes of at least 4 members (excludes halogenated alkanes) is 24. The molecule has 2 N–H and O–H groups in total. The minimum Gasteiger partial charge on any atom is -0.756 e. The molecule has 0 saturated heterocycles. The van der Waals surface area contributed by atoms with Gasteiger partial charge in [-0.05, 0) is 96.3 Å². The number of aliphatic hydroxyl groups is 1. The first-order valence-electron chi connectivity index (χ1n) is 33.0. The summed E-state index contributed by atoms with van der Waals surface area (Å²) in [7, 11) is 1.28. The Balaban J connectivity index is 4.13. The van der Waals surface area contributed by atoms with Gasteiger partial charge in [0.1, 0.15) is 13.2 Å². The molecule has 3 atom stereocenters. The molecule has 0 aromatic carbocycles. The van der Waals surface area contributed by atoms with Crippen LogP contribution < -0.4 is 10.2 Å². The molecule has 0 fully saturated rings. The second-order valence-electron chi connectivity index (χ2n) is 23.1. The van der Waals surface area contributed by atoms with Gasteiger partial charge in [-0.1, -0.05) is 295 Å². The van der Waals surface area contributed by atoms with E-state index >= 15 is 0 Å². The van der Waals surface area contributed by atoms with Crippen LogP contribution in [-0.4, -0.2) is 68.5 Å². The smallest absolute Gasteiger partial charge is 0.268 e. The van der Waals surface area contributed by atoms with E-state index in [0.717, 1.165) is 122 Å². The summed E-state index contributed by atoms with van der Waals surface area (Å²) in [6, 6.07) is -0.816. The maximum atomic E-state index is 13.0. The van der Waals surface area contributed by atoms with Crippen LogP contribution >= 0.6 is 7.82 Å².